The summed E-state index contributed by atoms with van der Waals surface area (Å²) in [5, 5.41) is 6.69. The fraction of sp³-hybridized carbons (Fsp3) is 0.467. The van der Waals surface area contributed by atoms with E-state index in [4.69, 9.17) is 13.7 Å². The Morgan fingerprint density at radius 3 is 2.95 bits per heavy atom. The summed E-state index contributed by atoms with van der Waals surface area (Å²) in [5.41, 5.74) is 1.63. The molecule has 0 unspecified atom stereocenters. The molecule has 0 aliphatic carbocycles. The van der Waals surface area contributed by atoms with Crippen LogP contribution in [0.2, 0.25) is 0 Å². The molecule has 6 heteroatoms. The Labute approximate surface area is 123 Å². The van der Waals surface area contributed by atoms with Crippen LogP contribution in [0.25, 0.3) is 0 Å². The molecular formula is C15H20N2O4. The molecule has 0 saturated carbocycles. The molecule has 0 radical (unpaired) electrons. The normalized spacial score (nSPS) is 10.8. The van der Waals surface area contributed by atoms with Crippen LogP contribution < -0.4 is 5.32 Å². The molecule has 0 atom stereocenters. The first-order valence-electron chi connectivity index (χ1n) is 6.95. The number of furan rings is 1. The van der Waals surface area contributed by atoms with Crippen LogP contribution >= 0.6 is 0 Å². The molecule has 1 amide bonds. The highest BCUT2D eigenvalue weighted by molar-refractivity contribution is 5.78. The largest absolute Gasteiger partial charge is 0.467 e. The third kappa shape index (κ3) is 4.75. The van der Waals surface area contributed by atoms with Crippen LogP contribution in [0.1, 0.15) is 29.2 Å². The van der Waals surface area contributed by atoms with E-state index in [1.165, 1.54) is 0 Å². The summed E-state index contributed by atoms with van der Waals surface area (Å²) in [7, 11) is 0. The van der Waals surface area contributed by atoms with Crippen LogP contribution in [-0.4, -0.2) is 24.2 Å². The van der Waals surface area contributed by atoms with Gasteiger partial charge >= 0.3 is 0 Å². The molecule has 0 saturated heterocycles. The number of hydrogen-bond acceptors (Lipinski definition) is 5. The van der Waals surface area contributed by atoms with E-state index in [1.54, 1.807) is 6.26 Å². The van der Waals surface area contributed by atoms with Crippen LogP contribution in [0, 0.1) is 13.8 Å². The Balaban J connectivity index is 1.57. The highest BCUT2D eigenvalue weighted by Gasteiger charge is 2.12. The maximum atomic E-state index is 11.8. The Morgan fingerprint density at radius 1 is 1.43 bits per heavy atom. The van der Waals surface area contributed by atoms with Gasteiger partial charge in [0.15, 0.2) is 0 Å². The molecule has 2 rings (SSSR count). The zero-order valence-corrected chi connectivity index (χ0v) is 12.3. The lowest BCUT2D eigenvalue weighted by Crippen LogP contribution is -2.27. The van der Waals surface area contributed by atoms with Gasteiger partial charge in [0.05, 0.1) is 18.4 Å². The van der Waals surface area contributed by atoms with E-state index < -0.39 is 0 Å². The summed E-state index contributed by atoms with van der Waals surface area (Å²) in [4.78, 5) is 11.8. The van der Waals surface area contributed by atoms with Crippen molar-refractivity contribution in [3.8, 4) is 0 Å². The Hall–Kier alpha value is -2.08. The fourth-order valence-electron chi connectivity index (χ4n) is 1.95. The molecule has 0 bridgehead atoms. The lowest BCUT2D eigenvalue weighted by molar-refractivity contribution is -0.120. The van der Waals surface area contributed by atoms with Gasteiger partial charge < -0.3 is 19.0 Å². The van der Waals surface area contributed by atoms with Gasteiger partial charge in [0, 0.05) is 18.7 Å². The van der Waals surface area contributed by atoms with Gasteiger partial charge in [-0.15, -0.1) is 0 Å². The lowest BCUT2D eigenvalue weighted by Gasteiger charge is -2.05. The van der Waals surface area contributed by atoms with E-state index in [0.717, 1.165) is 23.4 Å². The minimum Gasteiger partial charge on any atom is -0.467 e. The van der Waals surface area contributed by atoms with Crippen molar-refractivity contribution in [1.29, 1.82) is 0 Å². The van der Waals surface area contributed by atoms with Gasteiger partial charge in [0.25, 0.3) is 0 Å². The highest BCUT2D eigenvalue weighted by Crippen LogP contribution is 2.12. The Bertz CT molecular complexity index is 541. The van der Waals surface area contributed by atoms with E-state index >= 15 is 0 Å². The molecule has 6 nitrogen and oxygen atoms in total. The van der Waals surface area contributed by atoms with E-state index in [9.17, 15) is 4.79 Å². The zero-order valence-electron chi connectivity index (χ0n) is 12.3. The second-order valence-corrected chi connectivity index (χ2v) is 4.81. The summed E-state index contributed by atoms with van der Waals surface area (Å²) >= 11 is 0. The molecule has 2 heterocycles. The lowest BCUT2D eigenvalue weighted by atomic mass is 10.1. The molecule has 0 spiro atoms. The fourth-order valence-corrected chi connectivity index (χ4v) is 1.95. The molecule has 0 fully saturated rings. The first kappa shape index (κ1) is 15.3. The third-order valence-electron chi connectivity index (χ3n) is 3.13. The first-order chi connectivity index (χ1) is 10.2. The molecular weight excluding hydrogens is 272 g/mol. The molecule has 0 aromatic carbocycles. The number of aryl methyl sites for hydroxylation is 2. The van der Waals surface area contributed by atoms with Crippen molar-refractivity contribution in [2.45, 2.75) is 33.3 Å². The van der Waals surface area contributed by atoms with E-state index in [2.05, 4.69) is 10.5 Å². The van der Waals surface area contributed by atoms with Gasteiger partial charge in [-0.05, 0) is 32.4 Å². The maximum Gasteiger partial charge on any atom is 0.224 e. The van der Waals surface area contributed by atoms with Crippen molar-refractivity contribution in [2.75, 3.05) is 13.2 Å². The SMILES string of the molecule is Cc1noc(C)c1CC(=O)NCCCOCc1ccco1. The second kappa shape index (κ2) is 7.64. The molecule has 2 aromatic heterocycles. The molecule has 0 aliphatic rings. The number of aromatic nitrogens is 1. The van der Waals surface area contributed by atoms with Crippen molar-refractivity contribution >= 4 is 5.91 Å². The smallest absolute Gasteiger partial charge is 0.224 e. The quantitative estimate of drug-likeness (QED) is 0.754. The van der Waals surface area contributed by atoms with Crippen LogP contribution in [-0.2, 0) is 22.6 Å². The summed E-state index contributed by atoms with van der Waals surface area (Å²) in [6.07, 6.45) is 2.68. The van der Waals surface area contributed by atoms with Crippen molar-refractivity contribution in [3.05, 3.63) is 41.2 Å². The average Bonchev–Trinajstić information content (AvgIpc) is 3.08. The zero-order chi connectivity index (χ0) is 15.1. The van der Waals surface area contributed by atoms with Gasteiger partial charge in [0.1, 0.15) is 18.1 Å². The summed E-state index contributed by atoms with van der Waals surface area (Å²) in [6, 6.07) is 3.69. The second-order valence-electron chi connectivity index (χ2n) is 4.81. The highest BCUT2D eigenvalue weighted by atomic mass is 16.5. The molecule has 0 aliphatic heterocycles. The topological polar surface area (TPSA) is 77.5 Å². The van der Waals surface area contributed by atoms with Crippen molar-refractivity contribution in [1.82, 2.24) is 10.5 Å². The Kier molecular flexibility index (Phi) is 5.57. The monoisotopic (exact) mass is 292 g/mol. The van der Waals surface area contributed by atoms with E-state index in [0.29, 0.717) is 31.9 Å². The number of rotatable bonds is 8. The predicted molar refractivity (Wildman–Crippen MR) is 75.7 cm³/mol. The van der Waals surface area contributed by atoms with Crippen LogP contribution in [0.3, 0.4) is 0 Å². The molecule has 21 heavy (non-hydrogen) atoms. The maximum absolute atomic E-state index is 11.8. The standard InChI is InChI=1S/C15H20N2O4/c1-11-14(12(2)21-17-11)9-15(18)16-6-4-7-19-10-13-5-3-8-20-13/h3,5,8H,4,6-7,9-10H2,1-2H3,(H,16,18). The molecule has 114 valence electrons. The van der Waals surface area contributed by atoms with Crippen LogP contribution in [0.5, 0.6) is 0 Å². The van der Waals surface area contributed by atoms with Crippen molar-refractivity contribution < 1.29 is 18.5 Å². The number of ether oxygens (including phenoxy) is 1. The minimum atomic E-state index is -0.0320. The first-order valence-corrected chi connectivity index (χ1v) is 6.95. The number of nitrogens with zero attached hydrogens (tertiary/aromatic N) is 1. The van der Waals surface area contributed by atoms with Gasteiger partial charge in [-0.25, -0.2) is 0 Å². The third-order valence-corrected chi connectivity index (χ3v) is 3.13. The number of carbonyl (C=O) groups excluding carboxylic acids is 1. The summed E-state index contributed by atoms with van der Waals surface area (Å²) in [5.74, 6) is 1.47. The predicted octanol–water partition coefficient (Wildman–Crippen LogP) is 2.15. The van der Waals surface area contributed by atoms with Crippen LogP contribution in [0.4, 0.5) is 0 Å². The van der Waals surface area contributed by atoms with E-state index in [-0.39, 0.29) is 5.91 Å². The number of amides is 1. The van der Waals surface area contributed by atoms with Gasteiger partial charge in [0.2, 0.25) is 5.91 Å². The number of hydrogen-bond donors (Lipinski definition) is 1. The van der Waals surface area contributed by atoms with Crippen molar-refractivity contribution in [3.63, 3.8) is 0 Å². The Morgan fingerprint density at radius 2 is 2.29 bits per heavy atom. The number of nitrogens with one attached hydrogen (secondary N) is 1. The average molecular weight is 292 g/mol. The van der Waals surface area contributed by atoms with Crippen LogP contribution in [0.15, 0.2) is 27.3 Å². The summed E-state index contributed by atoms with van der Waals surface area (Å²) < 4.78 is 15.6. The van der Waals surface area contributed by atoms with E-state index in [1.807, 2.05) is 26.0 Å². The summed E-state index contributed by atoms with van der Waals surface area (Å²) in [6.45, 7) is 5.26. The van der Waals surface area contributed by atoms with Gasteiger partial charge in [-0.1, -0.05) is 5.16 Å². The number of carbonyl (C=O) groups is 1. The van der Waals surface area contributed by atoms with Gasteiger partial charge in [-0.2, -0.15) is 0 Å². The molecule has 2 aromatic rings. The van der Waals surface area contributed by atoms with Crippen molar-refractivity contribution in [2.24, 2.45) is 0 Å². The minimum absolute atomic E-state index is 0.0320. The van der Waals surface area contributed by atoms with Gasteiger partial charge in [-0.3, -0.25) is 4.79 Å². The molecule has 1 N–H and O–H groups in total.